The van der Waals surface area contributed by atoms with E-state index in [1.807, 2.05) is 47.4 Å². The van der Waals surface area contributed by atoms with Crippen molar-refractivity contribution >= 4 is 27.6 Å². The summed E-state index contributed by atoms with van der Waals surface area (Å²) < 4.78 is 3.18. The maximum absolute atomic E-state index is 13.6. The molecule has 1 aromatic heterocycles. The lowest BCUT2D eigenvalue weighted by atomic mass is 10.00. The molecule has 0 bridgehead atoms. The summed E-state index contributed by atoms with van der Waals surface area (Å²) in [6.45, 7) is 2.60. The Morgan fingerprint density at radius 2 is 1.77 bits per heavy atom. The van der Waals surface area contributed by atoms with Gasteiger partial charge in [0.2, 0.25) is 0 Å². The topological polar surface area (TPSA) is 37.3 Å². The Morgan fingerprint density at radius 3 is 2.58 bits per heavy atom. The highest BCUT2D eigenvalue weighted by atomic mass is 79.9. The van der Waals surface area contributed by atoms with E-state index in [-0.39, 0.29) is 12.1 Å². The first-order chi connectivity index (χ1) is 15.1. The van der Waals surface area contributed by atoms with Gasteiger partial charge in [-0.25, -0.2) is 4.79 Å². The minimum Gasteiger partial charge on any atom is -0.318 e. The molecule has 0 unspecified atom stereocenters. The average Bonchev–Trinajstić information content (AvgIpc) is 3.19. The SMILES string of the molecule is Cc1cccc([C@@H]2c3cccn3-c3ccccc3CN2C(=O)Nc2ccc(Br)cc2)c1. The van der Waals surface area contributed by atoms with Crippen molar-refractivity contribution in [2.45, 2.75) is 19.5 Å². The van der Waals surface area contributed by atoms with E-state index in [9.17, 15) is 4.79 Å². The van der Waals surface area contributed by atoms with E-state index in [4.69, 9.17) is 0 Å². The molecule has 5 rings (SSSR count). The number of amides is 2. The van der Waals surface area contributed by atoms with Crippen LogP contribution in [0.3, 0.4) is 0 Å². The van der Waals surface area contributed by atoms with Crippen molar-refractivity contribution in [2.75, 3.05) is 5.32 Å². The van der Waals surface area contributed by atoms with E-state index < -0.39 is 0 Å². The molecule has 2 amide bonds. The van der Waals surface area contributed by atoms with Crippen LogP contribution in [-0.4, -0.2) is 15.5 Å². The third-order valence-electron chi connectivity index (χ3n) is 5.68. The summed E-state index contributed by atoms with van der Waals surface area (Å²) in [5.74, 6) is 0. The number of anilines is 1. The van der Waals surface area contributed by atoms with E-state index in [1.165, 1.54) is 5.56 Å². The van der Waals surface area contributed by atoms with Crippen LogP contribution in [0.15, 0.2) is 95.6 Å². The van der Waals surface area contributed by atoms with Gasteiger partial charge in [0.15, 0.2) is 0 Å². The number of hydrogen-bond donors (Lipinski definition) is 1. The standard InChI is InChI=1S/C26H22BrN3O/c1-18-6-4-8-19(16-18)25-24-10-5-15-29(24)23-9-3-2-7-20(23)17-30(25)26(31)28-22-13-11-21(27)12-14-22/h2-16,25H,17H2,1H3,(H,28,31)/t25-/m1/s1. The maximum atomic E-state index is 13.6. The van der Waals surface area contributed by atoms with Gasteiger partial charge in [-0.15, -0.1) is 0 Å². The molecule has 0 aliphatic carbocycles. The third-order valence-corrected chi connectivity index (χ3v) is 6.21. The summed E-state index contributed by atoms with van der Waals surface area (Å²) in [6.07, 6.45) is 2.08. The molecular formula is C26H22BrN3O. The van der Waals surface area contributed by atoms with Gasteiger partial charge in [-0.2, -0.15) is 0 Å². The zero-order valence-corrected chi connectivity index (χ0v) is 18.7. The molecule has 0 radical (unpaired) electrons. The largest absolute Gasteiger partial charge is 0.322 e. The molecule has 0 spiro atoms. The van der Waals surface area contributed by atoms with E-state index in [2.05, 4.69) is 81.4 Å². The highest BCUT2D eigenvalue weighted by Gasteiger charge is 2.33. The van der Waals surface area contributed by atoms with E-state index in [0.717, 1.165) is 32.7 Å². The molecule has 0 saturated heterocycles. The third kappa shape index (κ3) is 3.77. The summed E-state index contributed by atoms with van der Waals surface area (Å²) in [5.41, 5.74) is 6.33. The van der Waals surface area contributed by atoms with Crippen molar-refractivity contribution in [3.05, 3.63) is 118 Å². The molecule has 1 aliphatic rings. The molecule has 0 fully saturated rings. The quantitative estimate of drug-likeness (QED) is 0.347. The fraction of sp³-hybridized carbons (Fsp3) is 0.115. The number of carbonyl (C=O) groups is 1. The molecule has 1 N–H and O–H groups in total. The summed E-state index contributed by atoms with van der Waals surface area (Å²) >= 11 is 3.45. The van der Waals surface area contributed by atoms with Crippen LogP contribution in [0.5, 0.6) is 0 Å². The number of benzene rings is 3. The number of nitrogens with zero attached hydrogens (tertiary/aromatic N) is 2. The summed E-state index contributed by atoms with van der Waals surface area (Å²) in [7, 11) is 0. The van der Waals surface area contributed by atoms with Crippen molar-refractivity contribution in [3.8, 4) is 5.69 Å². The van der Waals surface area contributed by atoms with Gasteiger partial charge in [0.25, 0.3) is 0 Å². The van der Waals surface area contributed by atoms with Gasteiger partial charge in [-0.3, -0.25) is 0 Å². The molecular weight excluding hydrogens is 450 g/mol. The molecule has 3 aromatic carbocycles. The van der Waals surface area contributed by atoms with E-state index >= 15 is 0 Å². The maximum Gasteiger partial charge on any atom is 0.322 e. The number of fused-ring (bicyclic) bond motifs is 3. The minimum atomic E-state index is -0.210. The number of hydrogen-bond acceptors (Lipinski definition) is 1. The van der Waals surface area contributed by atoms with Crippen LogP contribution >= 0.6 is 15.9 Å². The Morgan fingerprint density at radius 1 is 0.968 bits per heavy atom. The fourth-order valence-electron chi connectivity index (χ4n) is 4.26. The lowest BCUT2D eigenvalue weighted by Gasteiger charge is -2.31. The fourth-order valence-corrected chi connectivity index (χ4v) is 4.52. The Bertz CT molecular complexity index is 1250. The molecule has 2 heterocycles. The number of halogens is 1. The Balaban J connectivity index is 1.63. The van der Waals surface area contributed by atoms with Gasteiger partial charge >= 0.3 is 6.03 Å². The normalized spacial score (nSPS) is 15.0. The second-order valence-corrected chi connectivity index (χ2v) is 8.73. The predicted octanol–water partition coefficient (Wildman–Crippen LogP) is 6.69. The minimum absolute atomic E-state index is 0.127. The molecule has 5 heteroatoms. The van der Waals surface area contributed by atoms with Crippen LogP contribution in [0.1, 0.15) is 28.4 Å². The van der Waals surface area contributed by atoms with Crippen LogP contribution in [0, 0.1) is 6.92 Å². The van der Waals surface area contributed by atoms with E-state index in [1.54, 1.807) is 0 Å². The summed E-state index contributed by atoms with van der Waals surface area (Å²) in [5, 5.41) is 3.09. The Kier molecular flexibility index (Phi) is 5.12. The molecule has 0 saturated carbocycles. The molecule has 1 atom stereocenters. The van der Waals surface area contributed by atoms with Crippen molar-refractivity contribution < 1.29 is 4.79 Å². The van der Waals surface area contributed by atoms with Crippen LogP contribution in [0.4, 0.5) is 10.5 Å². The van der Waals surface area contributed by atoms with Crippen molar-refractivity contribution in [1.82, 2.24) is 9.47 Å². The number of carbonyl (C=O) groups excluding carboxylic acids is 1. The van der Waals surface area contributed by atoms with Crippen molar-refractivity contribution in [3.63, 3.8) is 0 Å². The zero-order chi connectivity index (χ0) is 21.4. The monoisotopic (exact) mass is 471 g/mol. The lowest BCUT2D eigenvalue weighted by molar-refractivity contribution is 0.194. The van der Waals surface area contributed by atoms with Crippen molar-refractivity contribution in [1.29, 1.82) is 0 Å². The number of aromatic nitrogens is 1. The zero-order valence-electron chi connectivity index (χ0n) is 17.1. The molecule has 31 heavy (non-hydrogen) atoms. The Labute approximate surface area is 190 Å². The molecule has 4 aromatic rings. The van der Waals surface area contributed by atoms with Gasteiger partial charge in [-0.05, 0) is 60.5 Å². The summed E-state index contributed by atoms with van der Waals surface area (Å²) in [4.78, 5) is 15.5. The number of para-hydroxylation sites is 1. The lowest BCUT2D eigenvalue weighted by Crippen LogP contribution is -2.37. The van der Waals surface area contributed by atoms with E-state index in [0.29, 0.717) is 6.54 Å². The number of nitrogens with one attached hydrogen (secondary N) is 1. The van der Waals surface area contributed by atoms with Gasteiger partial charge in [0, 0.05) is 22.1 Å². The van der Waals surface area contributed by atoms with Crippen LogP contribution in [0.2, 0.25) is 0 Å². The molecule has 1 aliphatic heterocycles. The average molecular weight is 472 g/mol. The number of urea groups is 1. The van der Waals surface area contributed by atoms with Crippen molar-refractivity contribution in [2.24, 2.45) is 0 Å². The Hall–Kier alpha value is -3.31. The van der Waals surface area contributed by atoms with Gasteiger partial charge in [0.05, 0.1) is 18.3 Å². The first-order valence-corrected chi connectivity index (χ1v) is 11.0. The number of rotatable bonds is 2. The molecule has 4 nitrogen and oxygen atoms in total. The first kappa shape index (κ1) is 19.6. The predicted molar refractivity (Wildman–Crippen MR) is 127 cm³/mol. The first-order valence-electron chi connectivity index (χ1n) is 10.3. The van der Waals surface area contributed by atoms with Gasteiger partial charge < -0.3 is 14.8 Å². The van der Waals surface area contributed by atoms with Crippen LogP contribution < -0.4 is 5.32 Å². The molecule has 154 valence electrons. The van der Waals surface area contributed by atoms with Gasteiger partial charge in [0.1, 0.15) is 0 Å². The second-order valence-electron chi connectivity index (χ2n) is 7.81. The van der Waals surface area contributed by atoms with Gasteiger partial charge in [-0.1, -0.05) is 64.0 Å². The number of aryl methyl sites for hydroxylation is 1. The second kappa shape index (κ2) is 8.08. The van der Waals surface area contributed by atoms with Crippen LogP contribution in [0.25, 0.3) is 5.69 Å². The highest BCUT2D eigenvalue weighted by molar-refractivity contribution is 9.10. The highest BCUT2D eigenvalue weighted by Crippen LogP contribution is 2.37. The summed E-state index contributed by atoms with van der Waals surface area (Å²) in [6, 6.07) is 28.2. The van der Waals surface area contributed by atoms with Crippen LogP contribution in [-0.2, 0) is 6.54 Å². The smallest absolute Gasteiger partial charge is 0.318 e.